The lowest BCUT2D eigenvalue weighted by Crippen LogP contribution is -2.48. The smallest absolute Gasteiger partial charge is 0.326 e. The van der Waals surface area contributed by atoms with Gasteiger partial charge in [0, 0.05) is 23.4 Å². The number of nitrogens with zero attached hydrogens (tertiary/aromatic N) is 5. The van der Waals surface area contributed by atoms with E-state index in [2.05, 4.69) is 30.6 Å². The number of carbonyl (C=O) groups is 1. The normalized spacial score (nSPS) is 24.2. The maximum absolute atomic E-state index is 12.7. The average molecular weight is 522 g/mol. The van der Waals surface area contributed by atoms with E-state index in [9.17, 15) is 14.7 Å². The lowest BCUT2D eigenvalue weighted by molar-refractivity contribution is -0.126. The fraction of sp³-hybridized carbons (Fsp3) is 0.577. The molecule has 2 saturated carbocycles. The van der Waals surface area contributed by atoms with Gasteiger partial charge < -0.3 is 20.7 Å². The molecule has 12 nitrogen and oxygen atoms in total. The number of fused-ring (bicyclic) bond motifs is 1. The van der Waals surface area contributed by atoms with Gasteiger partial charge in [0.15, 0.2) is 11.1 Å². The molecule has 3 aromatic rings. The Hall–Kier alpha value is -3.67. The number of carbonyl (C=O) groups excluding carboxylic acids is 1. The van der Waals surface area contributed by atoms with E-state index < -0.39 is 5.69 Å². The van der Waals surface area contributed by atoms with E-state index in [0.29, 0.717) is 22.7 Å². The first-order chi connectivity index (χ1) is 18.4. The maximum atomic E-state index is 12.7. The van der Waals surface area contributed by atoms with Gasteiger partial charge in [-0.05, 0) is 77.5 Å². The lowest BCUT2D eigenvalue weighted by atomic mass is 9.91. The molecule has 6 rings (SSSR count). The molecule has 4 heterocycles. The fourth-order valence-electron chi connectivity index (χ4n) is 5.48. The lowest BCUT2D eigenvalue weighted by Gasteiger charge is -2.32. The van der Waals surface area contributed by atoms with Crippen molar-refractivity contribution in [3.05, 3.63) is 39.1 Å². The Labute approximate surface area is 219 Å². The third-order valence-electron chi connectivity index (χ3n) is 7.87. The number of imidazole rings is 1. The topological polar surface area (TPSA) is 156 Å². The molecule has 3 fully saturated rings. The number of rotatable bonds is 7. The van der Waals surface area contributed by atoms with E-state index in [1.165, 1.54) is 12.8 Å². The van der Waals surface area contributed by atoms with Crippen molar-refractivity contribution in [3.63, 3.8) is 0 Å². The molecule has 0 spiro atoms. The van der Waals surface area contributed by atoms with Crippen LogP contribution >= 0.6 is 0 Å². The summed E-state index contributed by atoms with van der Waals surface area (Å²) in [6.45, 7) is 4.04. The highest BCUT2D eigenvalue weighted by Gasteiger charge is 2.28. The maximum Gasteiger partial charge on any atom is 0.326 e. The largest absolute Gasteiger partial charge is 0.493 e. The minimum atomic E-state index is -0.484. The van der Waals surface area contributed by atoms with E-state index in [4.69, 9.17) is 9.98 Å². The number of aromatic hydroxyl groups is 1. The summed E-state index contributed by atoms with van der Waals surface area (Å²) in [6, 6.07) is 2.61. The molecule has 1 unspecified atom stereocenters. The molecule has 5 N–H and O–H groups in total. The van der Waals surface area contributed by atoms with Crippen LogP contribution in [0.4, 0.5) is 5.82 Å². The second kappa shape index (κ2) is 10.2. The monoisotopic (exact) mass is 521 g/mol. The van der Waals surface area contributed by atoms with Crippen molar-refractivity contribution in [3.8, 4) is 5.88 Å². The van der Waals surface area contributed by atoms with Crippen molar-refractivity contribution >= 4 is 23.4 Å². The predicted molar refractivity (Wildman–Crippen MR) is 142 cm³/mol. The van der Waals surface area contributed by atoms with Gasteiger partial charge >= 0.3 is 5.69 Å². The minimum absolute atomic E-state index is 0.0643. The third-order valence-corrected chi connectivity index (χ3v) is 7.87. The number of hydrogen-bond donors (Lipinski definition) is 5. The van der Waals surface area contributed by atoms with Crippen molar-refractivity contribution in [1.29, 1.82) is 0 Å². The van der Waals surface area contributed by atoms with Crippen LogP contribution in [-0.2, 0) is 4.79 Å². The Morgan fingerprint density at radius 3 is 2.58 bits per heavy atom. The molecule has 38 heavy (non-hydrogen) atoms. The average Bonchev–Trinajstić information content (AvgIpc) is 3.25. The molecule has 3 aliphatic rings. The number of hydrogen-bond acceptors (Lipinski definition) is 8. The summed E-state index contributed by atoms with van der Waals surface area (Å²) in [7, 11) is 0. The van der Waals surface area contributed by atoms with E-state index in [-0.39, 0.29) is 35.6 Å². The number of aromatic nitrogens is 5. The molecule has 0 aromatic carbocycles. The van der Waals surface area contributed by atoms with Crippen LogP contribution < -0.4 is 27.0 Å². The van der Waals surface area contributed by atoms with Crippen molar-refractivity contribution < 1.29 is 9.90 Å². The summed E-state index contributed by atoms with van der Waals surface area (Å²) in [5, 5.41) is 22.0. The van der Waals surface area contributed by atoms with Crippen molar-refractivity contribution in [2.24, 2.45) is 4.99 Å². The number of aromatic amines is 2. The second-order valence-electron chi connectivity index (χ2n) is 10.8. The predicted octanol–water partition coefficient (Wildman–Crippen LogP) is 0.386. The van der Waals surface area contributed by atoms with Crippen molar-refractivity contribution in [2.45, 2.75) is 82.5 Å². The number of H-pyrrole nitrogens is 2. The summed E-state index contributed by atoms with van der Waals surface area (Å²) >= 11 is 0. The van der Waals surface area contributed by atoms with Crippen LogP contribution in [0, 0.1) is 0 Å². The van der Waals surface area contributed by atoms with Crippen LogP contribution in [0.15, 0.2) is 22.1 Å². The van der Waals surface area contributed by atoms with Crippen LogP contribution in [0.2, 0.25) is 0 Å². The van der Waals surface area contributed by atoms with Crippen LogP contribution in [0.3, 0.4) is 0 Å². The zero-order valence-corrected chi connectivity index (χ0v) is 21.6. The molecule has 3 aromatic heterocycles. The molecule has 1 saturated heterocycles. The van der Waals surface area contributed by atoms with Crippen LogP contribution in [-0.4, -0.2) is 77.7 Å². The van der Waals surface area contributed by atoms with Crippen molar-refractivity contribution in [1.82, 2.24) is 34.8 Å². The first-order valence-electron chi connectivity index (χ1n) is 13.7. The zero-order chi connectivity index (χ0) is 26.2. The van der Waals surface area contributed by atoms with Gasteiger partial charge in [-0.15, -0.1) is 0 Å². The van der Waals surface area contributed by atoms with Crippen molar-refractivity contribution in [2.75, 3.05) is 18.4 Å². The molecule has 1 aliphatic heterocycles. The van der Waals surface area contributed by atoms with Gasteiger partial charge in [0.05, 0.1) is 18.3 Å². The molecule has 202 valence electrons. The first kappa shape index (κ1) is 24.7. The summed E-state index contributed by atoms with van der Waals surface area (Å²) < 4.78 is 1.70. The Bertz CT molecular complexity index is 1490. The molecule has 12 heteroatoms. The van der Waals surface area contributed by atoms with Gasteiger partial charge in [-0.1, -0.05) is 0 Å². The van der Waals surface area contributed by atoms with Gasteiger partial charge in [0.1, 0.15) is 11.5 Å². The van der Waals surface area contributed by atoms with Gasteiger partial charge in [0.25, 0.3) is 0 Å². The molecule has 0 bridgehead atoms. The van der Waals surface area contributed by atoms with E-state index in [1.807, 2.05) is 13.0 Å². The SMILES string of the molecule is CC(C(=O)NC1CCC(Nc2cc(=NC3CC3)n3nc/c(=C/c4[nH]c(=O)[nH]c4O)c3n2)CC1)N1CCCC1. The zero-order valence-electron chi connectivity index (χ0n) is 21.6. The highest BCUT2D eigenvalue weighted by atomic mass is 16.3. The van der Waals surface area contributed by atoms with Crippen LogP contribution in [0.25, 0.3) is 11.7 Å². The highest BCUT2D eigenvalue weighted by molar-refractivity contribution is 5.81. The Balaban J connectivity index is 1.18. The first-order valence-corrected chi connectivity index (χ1v) is 13.7. The Morgan fingerprint density at radius 2 is 1.89 bits per heavy atom. The van der Waals surface area contributed by atoms with E-state index in [0.717, 1.165) is 57.1 Å². The van der Waals surface area contributed by atoms with E-state index in [1.54, 1.807) is 16.8 Å². The van der Waals surface area contributed by atoms with Crippen LogP contribution in [0.1, 0.15) is 64.0 Å². The number of likely N-dealkylation sites (tertiary alicyclic amines) is 1. The van der Waals surface area contributed by atoms with Gasteiger partial charge in [-0.3, -0.25) is 19.7 Å². The van der Waals surface area contributed by atoms with E-state index >= 15 is 0 Å². The number of amides is 1. The fourth-order valence-corrected chi connectivity index (χ4v) is 5.48. The Kier molecular flexibility index (Phi) is 6.64. The number of nitrogens with one attached hydrogen (secondary N) is 4. The molecule has 2 aliphatic carbocycles. The summed E-state index contributed by atoms with van der Waals surface area (Å²) in [4.78, 5) is 41.1. The molecule has 1 atom stereocenters. The minimum Gasteiger partial charge on any atom is -0.493 e. The van der Waals surface area contributed by atoms with Crippen LogP contribution in [0.5, 0.6) is 5.88 Å². The highest BCUT2D eigenvalue weighted by Crippen LogP contribution is 2.24. The standard InChI is InChI=1S/C26H35N9O3/c1-15(34-10-2-3-11-34)24(36)30-19-8-4-17(5-9-19)28-21-13-22(29-18-6-7-18)35-23(32-21)16(14-27-35)12-20-25(37)33-26(38)31-20/h12-15,17-19,28,37H,2-11H2,1H3,(H,30,36)(H2,31,33,38)/b16-12-,29-22?. The summed E-state index contributed by atoms with van der Waals surface area (Å²) in [5.41, 5.74) is 1.10. The molecular weight excluding hydrogens is 486 g/mol. The summed E-state index contributed by atoms with van der Waals surface area (Å²) in [6.07, 6.45) is 11.5. The molecular formula is C26H35N9O3. The molecule has 0 radical (unpaired) electrons. The Morgan fingerprint density at radius 1 is 1.16 bits per heavy atom. The molecule has 1 amide bonds. The summed E-state index contributed by atoms with van der Waals surface area (Å²) in [5.74, 6) is 0.625. The van der Waals surface area contributed by atoms with Gasteiger partial charge in [0.2, 0.25) is 11.8 Å². The third kappa shape index (κ3) is 5.31. The van der Waals surface area contributed by atoms with Gasteiger partial charge in [-0.25, -0.2) is 9.78 Å². The quantitative estimate of drug-likeness (QED) is 0.301. The second-order valence-corrected chi connectivity index (χ2v) is 10.8. The van der Waals surface area contributed by atoms with Gasteiger partial charge in [-0.2, -0.15) is 9.61 Å². The number of anilines is 1.